The molecule has 3 N–H and O–H groups in total. The molecule has 0 amide bonds. The maximum atomic E-state index is 5.61. The van der Waals surface area contributed by atoms with Crippen molar-refractivity contribution >= 4 is 11.5 Å². The van der Waals surface area contributed by atoms with E-state index >= 15 is 0 Å². The lowest BCUT2D eigenvalue weighted by Crippen LogP contribution is -2.22. The molecule has 0 atom stereocenters. The molecule has 0 aromatic carbocycles. The van der Waals surface area contributed by atoms with Gasteiger partial charge in [-0.1, -0.05) is 0 Å². The largest absolute Gasteiger partial charge is 0.383 e. The fourth-order valence-corrected chi connectivity index (χ4v) is 0.943. The normalized spacial score (nSPS) is 10.2. The highest BCUT2D eigenvalue weighted by Crippen LogP contribution is 2.16. The van der Waals surface area contributed by atoms with Crippen molar-refractivity contribution in [2.24, 2.45) is 0 Å². The number of likely N-dealkylation sites (N-methyl/N-ethyl adjacent to an activating group) is 1. The van der Waals surface area contributed by atoms with E-state index in [9.17, 15) is 0 Å². The van der Waals surface area contributed by atoms with E-state index in [0.717, 1.165) is 12.2 Å². The van der Waals surface area contributed by atoms with Crippen LogP contribution >= 0.6 is 0 Å². The smallest absolute Gasteiger partial charge is 0.142 e. The minimum atomic E-state index is 0.591. The average molecular weight is 170 g/mol. The molecule has 0 aliphatic rings. The van der Waals surface area contributed by atoms with Crippen LogP contribution in [-0.4, -0.2) is 37.5 Å². The van der Waals surface area contributed by atoms with Gasteiger partial charge in [-0.2, -0.15) is 5.10 Å². The molecular weight excluding hydrogens is 156 g/mol. The van der Waals surface area contributed by atoms with Gasteiger partial charge in [0.2, 0.25) is 0 Å². The van der Waals surface area contributed by atoms with Crippen LogP contribution in [0.1, 0.15) is 0 Å². The van der Waals surface area contributed by atoms with E-state index in [1.54, 1.807) is 13.3 Å². The number of nitrogens with one attached hydrogen (secondary N) is 1. The Labute approximate surface area is 71.5 Å². The summed E-state index contributed by atoms with van der Waals surface area (Å²) in [5, 5.41) is 6.49. The Bertz CT molecular complexity index is 235. The van der Waals surface area contributed by atoms with Crippen LogP contribution in [0.2, 0.25) is 0 Å². The molecule has 0 saturated heterocycles. The minimum Gasteiger partial charge on any atom is -0.383 e. The van der Waals surface area contributed by atoms with Gasteiger partial charge in [0.1, 0.15) is 5.82 Å². The van der Waals surface area contributed by atoms with Crippen molar-refractivity contribution in [3.8, 4) is 0 Å². The number of rotatable bonds is 4. The Balaban J connectivity index is 2.52. The molecule has 1 rings (SSSR count). The van der Waals surface area contributed by atoms with Crippen molar-refractivity contribution < 1.29 is 4.74 Å². The van der Waals surface area contributed by atoms with Crippen molar-refractivity contribution in [3.63, 3.8) is 0 Å². The quantitative estimate of drug-likeness (QED) is 0.671. The third kappa shape index (κ3) is 1.88. The van der Waals surface area contributed by atoms with Crippen molar-refractivity contribution in [2.75, 3.05) is 37.9 Å². The summed E-state index contributed by atoms with van der Waals surface area (Å²) in [6.45, 7) is 1.49. The van der Waals surface area contributed by atoms with Crippen LogP contribution in [0.25, 0.3) is 0 Å². The number of hydrogen-bond acceptors (Lipinski definition) is 4. The van der Waals surface area contributed by atoms with Gasteiger partial charge in [0.05, 0.1) is 18.5 Å². The monoisotopic (exact) mass is 170 g/mol. The van der Waals surface area contributed by atoms with Crippen LogP contribution in [0.4, 0.5) is 11.5 Å². The summed E-state index contributed by atoms with van der Waals surface area (Å²) in [4.78, 5) is 1.99. The van der Waals surface area contributed by atoms with Crippen LogP contribution in [-0.2, 0) is 4.74 Å². The number of anilines is 2. The molecule has 0 radical (unpaired) electrons. The number of aromatic amines is 1. The second kappa shape index (κ2) is 3.96. The number of ether oxygens (including phenoxy) is 1. The third-order valence-corrected chi connectivity index (χ3v) is 1.69. The fourth-order valence-electron chi connectivity index (χ4n) is 0.943. The highest BCUT2D eigenvalue weighted by Gasteiger charge is 2.05. The molecule has 0 aliphatic heterocycles. The standard InChI is InChI=1S/C7H14N4O/c1-11(3-4-12-2)6-5-9-10-7(6)8/h5H,3-4H2,1-2H3,(H3,8,9,10). The lowest BCUT2D eigenvalue weighted by Gasteiger charge is -2.16. The molecule has 1 heterocycles. The van der Waals surface area contributed by atoms with Crippen molar-refractivity contribution in [1.29, 1.82) is 0 Å². The number of nitrogens with zero attached hydrogens (tertiary/aromatic N) is 2. The van der Waals surface area contributed by atoms with E-state index in [0.29, 0.717) is 12.4 Å². The van der Waals surface area contributed by atoms with Crippen molar-refractivity contribution in [2.45, 2.75) is 0 Å². The summed E-state index contributed by atoms with van der Waals surface area (Å²) in [5.74, 6) is 0.591. The van der Waals surface area contributed by atoms with Gasteiger partial charge in [0.15, 0.2) is 0 Å². The summed E-state index contributed by atoms with van der Waals surface area (Å²) in [7, 11) is 3.62. The van der Waals surface area contributed by atoms with E-state index in [1.165, 1.54) is 0 Å². The average Bonchev–Trinajstić information content (AvgIpc) is 2.47. The van der Waals surface area contributed by atoms with E-state index in [4.69, 9.17) is 10.5 Å². The zero-order chi connectivity index (χ0) is 8.97. The molecule has 68 valence electrons. The van der Waals surface area contributed by atoms with Crippen LogP contribution in [0.15, 0.2) is 6.20 Å². The van der Waals surface area contributed by atoms with E-state index < -0.39 is 0 Å². The van der Waals surface area contributed by atoms with Gasteiger partial charge < -0.3 is 15.4 Å². The summed E-state index contributed by atoms with van der Waals surface area (Å²) in [6.07, 6.45) is 1.70. The topological polar surface area (TPSA) is 67.2 Å². The maximum absolute atomic E-state index is 5.61. The lowest BCUT2D eigenvalue weighted by molar-refractivity contribution is 0.206. The van der Waals surface area contributed by atoms with Gasteiger partial charge >= 0.3 is 0 Å². The summed E-state index contributed by atoms with van der Waals surface area (Å²) < 4.78 is 4.94. The van der Waals surface area contributed by atoms with E-state index in [-0.39, 0.29) is 0 Å². The van der Waals surface area contributed by atoms with Crippen LogP contribution in [0.3, 0.4) is 0 Å². The van der Waals surface area contributed by atoms with E-state index in [2.05, 4.69) is 10.2 Å². The first-order chi connectivity index (χ1) is 5.75. The minimum absolute atomic E-state index is 0.591. The van der Waals surface area contributed by atoms with Crippen LogP contribution in [0.5, 0.6) is 0 Å². The predicted molar refractivity (Wildman–Crippen MR) is 48.1 cm³/mol. The molecule has 0 bridgehead atoms. The van der Waals surface area contributed by atoms with Gasteiger partial charge in [-0.05, 0) is 0 Å². The second-order valence-electron chi connectivity index (χ2n) is 2.58. The third-order valence-electron chi connectivity index (χ3n) is 1.69. The van der Waals surface area contributed by atoms with Gasteiger partial charge in [0, 0.05) is 20.7 Å². The Hall–Kier alpha value is -1.23. The zero-order valence-electron chi connectivity index (χ0n) is 7.37. The van der Waals surface area contributed by atoms with Gasteiger partial charge in [-0.3, -0.25) is 5.10 Å². The molecule has 0 aliphatic carbocycles. The molecule has 1 aromatic heterocycles. The van der Waals surface area contributed by atoms with Crippen molar-refractivity contribution in [1.82, 2.24) is 10.2 Å². The van der Waals surface area contributed by atoms with Crippen LogP contribution in [0, 0.1) is 0 Å². The zero-order valence-corrected chi connectivity index (χ0v) is 7.37. The van der Waals surface area contributed by atoms with E-state index in [1.807, 2.05) is 11.9 Å². The molecule has 5 nitrogen and oxygen atoms in total. The summed E-state index contributed by atoms with van der Waals surface area (Å²) in [6, 6.07) is 0. The molecular formula is C7H14N4O. The number of H-pyrrole nitrogens is 1. The Morgan fingerprint density at radius 3 is 3.00 bits per heavy atom. The Morgan fingerprint density at radius 2 is 2.50 bits per heavy atom. The summed E-state index contributed by atoms with van der Waals surface area (Å²) >= 11 is 0. The predicted octanol–water partition coefficient (Wildman–Crippen LogP) is 0.0745. The molecule has 0 spiro atoms. The number of nitrogen functional groups attached to an aromatic ring is 1. The molecule has 12 heavy (non-hydrogen) atoms. The first kappa shape index (κ1) is 8.86. The van der Waals surface area contributed by atoms with Crippen molar-refractivity contribution in [3.05, 3.63) is 6.20 Å². The Kier molecular flexibility index (Phi) is 2.93. The number of methoxy groups -OCH3 is 1. The number of aromatic nitrogens is 2. The number of nitrogens with two attached hydrogens (primary N) is 1. The van der Waals surface area contributed by atoms with Gasteiger partial charge in [-0.25, -0.2) is 0 Å². The lowest BCUT2D eigenvalue weighted by atomic mass is 10.4. The van der Waals surface area contributed by atoms with Crippen LogP contribution < -0.4 is 10.6 Å². The molecule has 5 heteroatoms. The SMILES string of the molecule is COCCN(C)c1cn[nH]c1N. The van der Waals surface area contributed by atoms with Gasteiger partial charge in [0.25, 0.3) is 0 Å². The fraction of sp³-hybridized carbons (Fsp3) is 0.571. The molecule has 0 fully saturated rings. The highest BCUT2D eigenvalue weighted by atomic mass is 16.5. The summed E-state index contributed by atoms with van der Waals surface area (Å²) in [5.41, 5.74) is 6.52. The maximum Gasteiger partial charge on any atom is 0.142 e. The molecule has 1 aromatic rings. The van der Waals surface area contributed by atoms with Gasteiger partial charge in [-0.15, -0.1) is 0 Å². The first-order valence-electron chi connectivity index (χ1n) is 3.74. The molecule has 0 saturated carbocycles. The second-order valence-corrected chi connectivity index (χ2v) is 2.58. The Morgan fingerprint density at radius 1 is 1.75 bits per heavy atom. The molecule has 0 unspecified atom stereocenters. The highest BCUT2D eigenvalue weighted by molar-refractivity contribution is 5.61. The first-order valence-corrected chi connectivity index (χ1v) is 3.74. The number of hydrogen-bond donors (Lipinski definition) is 2.